The second kappa shape index (κ2) is 15.4. The SMILES string of the molecule is Cc1cc2c3c(c1)N1C4=C5C=C(CC4C4CC(C(C)(C)C)C=CC41)C(C)(C)c1cccc(c1)C(C)(C1C=CC=CC1)c1ccc(c(c1)B53)N2C1=CC=C(C(C)(C2=CC=CCC2)c2ccccc2)CC1. The van der Waals surface area contributed by atoms with Crippen LogP contribution in [0.3, 0.4) is 0 Å². The fourth-order valence-electron chi connectivity index (χ4n) is 15.2. The van der Waals surface area contributed by atoms with Crippen LogP contribution < -0.4 is 20.7 Å². The van der Waals surface area contributed by atoms with Crippen molar-refractivity contribution in [1.82, 2.24) is 0 Å². The lowest BCUT2D eigenvalue weighted by atomic mass is 9.31. The van der Waals surface area contributed by atoms with Crippen molar-refractivity contribution in [3.8, 4) is 0 Å². The van der Waals surface area contributed by atoms with Gasteiger partial charge >= 0.3 is 0 Å². The Kier molecular flexibility index (Phi) is 9.62. The molecular formula is C66H69BN2. The molecule has 0 aromatic heterocycles. The number of benzene rings is 4. The largest absolute Gasteiger partial charge is 0.338 e. The smallest absolute Gasteiger partial charge is 0.251 e. The molecule has 346 valence electrons. The minimum atomic E-state index is -0.241. The number of hydrogen-bond donors (Lipinski definition) is 0. The summed E-state index contributed by atoms with van der Waals surface area (Å²) >= 11 is 0. The predicted molar refractivity (Wildman–Crippen MR) is 292 cm³/mol. The molecule has 4 heterocycles. The van der Waals surface area contributed by atoms with E-state index in [-0.39, 0.29) is 28.4 Å². The highest BCUT2D eigenvalue weighted by atomic mass is 15.2. The van der Waals surface area contributed by atoms with Crippen LogP contribution in [0.25, 0.3) is 0 Å². The van der Waals surface area contributed by atoms with Crippen LogP contribution in [-0.2, 0) is 16.2 Å². The maximum atomic E-state index is 2.90. The summed E-state index contributed by atoms with van der Waals surface area (Å²) in [7, 11) is 0. The lowest BCUT2D eigenvalue weighted by Gasteiger charge is -2.48. The Bertz CT molecular complexity index is 3140. The summed E-state index contributed by atoms with van der Waals surface area (Å²) < 4.78 is 0. The number of hydrogen-bond acceptors (Lipinski definition) is 2. The molecule has 1 saturated heterocycles. The number of anilines is 3. The predicted octanol–water partition coefficient (Wildman–Crippen LogP) is 14.8. The first-order valence-electron chi connectivity index (χ1n) is 26.5. The molecule has 13 rings (SSSR count). The van der Waals surface area contributed by atoms with Gasteiger partial charge in [0.1, 0.15) is 0 Å². The maximum Gasteiger partial charge on any atom is 0.251 e. The van der Waals surface area contributed by atoms with Crippen LogP contribution >= 0.6 is 0 Å². The number of rotatable bonds is 5. The molecule has 69 heavy (non-hydrogen) atoms. The first-order valence-corrected chi connectivity index (χ1v) is 26.5. The summed E-state index contributed by atoms with van der Waals surface area (Å²) in [6, 6.07) is 34.5. The van der Waals surface area contributed by atoms with E-state index in [2.05, 4.69) is 223 Å². The normalized spacial score (nSPS) is 28.6. The molecule has 7 atom stereocenters. The van der Waals surface area contributed by atoms with Crippen LogP contribution in [0.15, 0.2) is 191 Å². The van der Waals surface area contributed by atoms with E-state index >= 15 is 0 Å². The molecule has 0 N–H and O–H groups in total. The van der Waals surface area contributed by atoms with Crippen LogP contribution in [0.5, 0.6) is 0 Å². The summed E-state index contributed by atoms with van der Waals surface area (Å²) in [5.74, 6) is 1.90. The lowest BCUT2D eigenvalue weighted by Crippen LogP contribution is -2.58. The molecule has 0 saturated carbocycles. The van der Waals surface area contributed by atoms with Gasteiger partial charge in [0.25, 0.3) is 6.71 Å². The second-order valence-electron chi connectivity index (χ2n) is 24.3. The van der Waals surface area contributed by atoms with Crippen molar-refractivity contribution in [2.24, 2.45) is 29.1 Å². The number of aryl methyl sites for hydroxylation is 1. The van der Waals surface area contributed by atoms with Crippen molar-refractivity contribution in [2.45, 2.75) is 123 Å². The number of fused-ring (bicyclic) bond motifs is 7. The molecule has 1 fully saturated rings. The van der Waals surface area contributed by atoms with Gasteiger partial charge in [-0.1, -0.05) is 192 Å². The first-order chi connectivity index (χ1) is 33.3. The Morgan fingerprint density at radius 3 is 2.25 bits per heavy atom. The van der Waals surface area contributed by atoms with E-state index in [9.17, 15) is 0 Å². The molecule has 3 heteroatoms. The van der Waals surface area contributed by atoms with Crippen molar-refractivity contribution in [3.63, 3.8) is 0 Å². The average Bonchev–Trinajstić information content (AvgIpc) is 3.71. The van der Waals surface area contributed by atoms with Crippen molar-refractivity contribution in [3.05, 3.63) is 219 Å². The lowest BCUT2D eigenvalue weighted by molar-refractivity contribution is 0.207. The molecule has 6 bridgehead atoms. The highest BCUT2D eigenvalue weighted by molar-refractivity contribution is 6.95. The monoisotopic (exact) mass is 901 g/mol. The molecule has 9 aliphatic rings. The zero-order valence-electron chi connectivity index (χ0n) is 42.3. The molecular weight excluding hydrogens is 832 g/mol. The standard InChI is InChI=1S/C66H69BN2/c1-42-35-59-61-60(36-42)69-57-33-29-47(63(2,3)4)38-53(57)54-39-51-41-56(62(54)69)67(61)55-40-50(66(8,45-23-16-11-17-24-45)49-26-18-25-48(37-49)64(51,5)6)30-34-58(55)68(59)52-31-27-46(28-32-52)65(7,43-19-12-9-13-20-43)44-21-14-10-15-22-44/h9-14,16-21,23,25-27,29-31,33-37,40-41,45,47,53-54,57H,15,22,24,28,32,38-39H2,1-8H3. The quantitative estimate of drug-likeness (QED) is 0.145. The van der Waals surface area contributed by atoms with E-state index in [0.29, 0.717) is 29.7 Å². The van der Waals surface area contributed by atoms with Crippen LogP contribution in [0.1, 0.15) is 121 Å². The first kappa shape index (κ1) is 43.2. The van der Waals surface area contributed by atoms with Crippen LogP contribution in [0, 0.1) is 36.0 Å². The zero-order valence-corrected chi connectivity index (χ0v) is 42.3. The molecule has 0 spiro atoms. The Morgan fingerprint density at radius 2 is 1.49 bits per heavy atom. The second-order valence-corrected chi connectivity index (χ2v) is 24.3. The molecule has 4 aromatic rings. The Labute approximate surface area is 413 Å². The summed E-state index contributed by atoms with van der Waals surface area (Å²) in [4.78, 5) is 5.64. The van der Waals surface area contributed by atoms with Crippen LogP contribution in [0.4, 0.5) is 17.1 Å². The van der Waals surface area contributed by atoms with Crippen molar-refractivity contribution >= 4 is 34.7 Å². The van der Waals surface area contributed by atoms with Gasteiger partial charge in [-0.2, -0.15) is 0 Å². The van der Waals surface area contributed by atoms with Crippen LogP contribution in [0.2, 0.25) is 0 Å². The van der Waals surface area contributed by atoms with Gasteiger partial charge in [0.15, 0.2) is 0 Å². The van der Waals surface area contributed by atoms with E-state index < -0.39 is 0 Å². The number of nitrogens with zero attached hydrogens (tertiary/aromatic N) is 2. The maximum absolute atomic E-state index is 2.90. The molecule has 2 nitrogen and oxygen atoms in total. The number of allylic oxidation sites excluding steroid dienone is 17. The van der Waals surface area contributed by atoms with Gasteiger partial charge in [0.2, 0.25) is 0 Å². The third kappa shape index (κ3) is 6.23. The van der Waals surface area contributed by atoms with Crippen LogP contribution in [-0.4, -0.2) is 12.8 Å². The fourth-order valence-corrected chi connectivity index (χ4v) is 15.2. The average molecular weight is 901 g/mol. The summed E-state index contributed by atoms with van der Waals surface area (Å²) in [6.07, 6.45) is 37.1. The summed E-state index contributed by atoms with van der Waals surface area (Å²) in [5, 5.41) is 0. The van der Waals surface area contributed by atoms with Gasteiger partial charge in [0.05, 0.1) is 6.04 Å². The van der Waals surface area contributed by atoms with E-state index in [1.165, 1.54) is 79.1 Å². The van der Waals surface area contributed by atoms with Gasteiger partial charge in [-0.05, 0) is 150 Å². The Hall–Kier alpha value is -5.80. The topological polar surface area (TPSA) is 6.48 Å². The van der Waals surface area contributed by atoms with E-state index in [4.69, 9.17) is 0 Å². The molecule has 7 unspecified atom stereocenters. The minimum Gasteiger partial charge on any atom is -0.338 e. The van der Waals surface area contributed by atoms with E-state index in [1.54, 1.807) is 16.7 Å². The highest BCUT2D eigenvalue weighted by Crippen LogP contribution is 2.59. The molecule has 4 aromatic carbocycles. The molecule has 5 aliphatic carbocycles. The van der Waals surface area contributed by atoms with E-state index in [0.717, 1.165) is 38.5 Å². The fraction of sp³-hybridized carbons (Fsp3) is 0.364. The van der Waals surface area contributed by atoms with Gasteiger partial charge < -0.3 is 9.80 Å². The van der Waals surface area contributed by atoms with Crippen molar-refractivity contribution < 1.29 is 0 Å². The van der Waals surface area contributed by atoms with Crippen molar-refractivity contribution in [2.75, 3.05) is 9.80 Å². The van der Waals surface area contributed by atoms with E-state index in [1.807, 2.05) is 0 Å². The van der Waals surface area contributed by atoms with Crippen molar-refractivity contribution in [1.29, 1.82) is 0 Å². The van der Waals surface area contributed by atoms with Gasteiger partial charge in [0, 0.05) is 50.6 Å². The zero-order chi connectivity index (χ0) is 47.2. The minimum absolute atomic E-state index is 0.135. The molecule has 0 amide bonds. The summed E-state index contributed by atoms with van der Waals surface area (Å²) in [5.41, 5.74) is 23.1. The van der Waals surface area contributed by atoms with Gasteiger partial charge in [-0.3, -0.25) is 0 Å². The summed E-state index contributed by atoms with van der Waals surface area (Å²) in [6.45, 7) is 20.0. The third-order valence-electron chi connectivity index (χ3n) is 19.4. The van der Waals surface area contributed by atoms with Gasteiger partial charge in [-0.25, -0.2) is 0 Å². The Balaban J connectivity index is 1.07. The highest BCUT2D eigenvalue weighted by Gasteiger charge is 2.57. The Morgan fingerprint density at radius 1 is 0.696 bits per heavy atom. The third-order valence-corrected chi connectivity index (χ3v) is 19.4. The van der Waals surface area contributed by atoms with Gasteiger partial charge in [-0.15, -0.1) is 0 Å². The molecule has 4 aliphatic heterocycles. The molecule has 0 radical (unpaired) electrons.